The molecule has 0 amide bonds. The van der Waals surface area contributed by atoms with Gasteiger partial charge < -0.3 is 9.05 Å². The first-order chi connectivity index (χ1) is 9.22. The molecule has 0 aliphatic heterocycles. The van der Waals surface area contributed by atoms with Gasteiger partial charge in [0, 0.05) is 4.47 Å². The first-order valence-corrected chi connectivity index (χ1v) is 8.47. The summed E-state index contributed by atoms with van der Waals surface area (Å²) in [5, 5.41) is 0. The highest BCUT2D eigenvalue weighted by Gasteiger charge is 2.34. The molecule has 0 atom stereocenters. The molecule has 0 fully saturated rings. The van der Waals surface area contributed by atoms with Crippen LogP contribution in [0.3, 0.4) is 0 Å². The van der Waals surface area contributed by atoms with Crippen LogP contribution in [0.5, 0.6) is 0 Å². The van der Waals surface area contributed by atoms with Crippen molar-refractivity contribution in [2.24, 2.45) is 0 Å². The molecular formula is C12H15BrF3O3P. The fraction of sp³-hybridized carbons (Fsp3) is 0.500. The first kappa shape index (κ1) is 17.7. The highest BCUT2D eigenvalue weighted by atomic mass is 79.9. The van der Waals surface area contributed by atoms with E-state index in [2.05, 4.69) is 15.9 Å². The van der Waals surface area contributed by atoms with Crippen molar-refractivity contribution in [2.45, 2.75) is 26.2 Å². The average molecular weight is 375 g/mol. The van der Waals surface area contributed by atoms with Crippen molar-refractivity contribution < 1.29 is 26.8 Å². The lowest BCUT2D eigenvalue weighted by atomic mass is 10.1. The molecule has 0 saturated carbocycles. The van der Waals surface area contributed by atoms with Gasteiger partial charge in [-0.1, -0.05) is 22.0 Å². The van der Waals surface area contributed by atoms with Crippen LogP contribution in [0.4, 0.5) is 13.2 Å². The normalized spacial score (nSPS) is 12.7. The van der Waals surface area contributed by atoms with E-state index in [-0.39, 0.29) is 29.4 Å². The zero-order valence-electron chi connectivity index (χ0n) is 11.0. The van der Waals surface area contributed by atoms with Gasteiger partial charge in [-0.15, -0.1) is 0 Å². The summed E-state index contributed by atoms with van der Waals surface area (Å²) in [5.74, 6) is 0. The molecular weight excluding hydrogens is 360 g/mol. The van der Waals surface area contributed by atoms with Gasteiger partial charge in [-0.05, 0) is 31.5 Å². The van der Waals surface area contributed by atoms with E-state index in [9.17, 15) is 17.7 Å². The molecule has 3 nitrogen and oxygen atoms in total. The van der Waals surface area contributed by atoms with E-state index < -0.39 is 19.3 Å². The van der Waals surface area contributed by atoms with Crippen LogP contribution in [-0.2, 0) is 26.0 Å². The highest BCUT2D eigenvalue weighted by Crippen LogP contribution is 2.51. The van der Waals surface area contributed by atoms with Crippen LogP contribution in [0.2, 0.25) is 0 Å². The Balaban J connectivity index is 3.06. The molecule has 1 aromatic rings. The maximum absolute atomic E-state index is 12.8. The summed E-state index contributed by atoms with van der Waals surface area (Å²) in [6, 6.07) is 3.69. The van der Waals surface area contributed by atoms with Crippen molar-refractivity contribution in [3.63, 3.8) is 0 Å². The number of halogens is 4. The maximum atomic E-state index is 12.8. The Morgan fingerprint density at radius 2 is 1.75 bits per heavy atom. The van der Waals surface area contributed by atoms with Crippen molar-refractivity contribution in [2.75, 3.05) is 13.2 Å². The van der Waals surface area contributed by atoms with Gasteiger partial charge in [0.15, 0.2) is 0 Å². The first-order valence-electron chi connectivity index (χ1n) is 5.95. The molecule has 20 heavy (non-hydrogen) atoms. The molecule has 8 heteroatoms. The summed E-state index contributed by atoms with van der Waals surface area (Å²) in [7, 11) is -3.41. The van der Waals surface area contributed by atoms with E-state index in [1.165, 1.54) is 12.1 Å². The number of hydrogen-bond acceptors (Lipinski definition) is 3. The largest absolute Gasteiger partial charge is 0.417 e. The molecule has 0 bridgehead atoms. The van der Waals surface area contributed by atoms with Crippen LogP contribution in [0, 0.1) is 0 Å². The van der Waals surface area contributed by atoms with Gasteiger partial charge in [-0.2, -0.15) is 13.2 Å². The molecule has 0 N–H and O–H groups in total. The topological polar surface area (TPSA) is 35.5 Å². The second-order valence-corrected chi connectivity index (χ2v) is 6.83. The van der Waals surface area contributed by atoms with Crippen LogP contribution >= 0.6 is 23.5 Å². The Kier molecular flexibility index (Phi) is 6.25. The fourth-order valence-corrected chi connectivity index (χ4v) is 3.79. The third-order valence-electron chi connectivity index (χ3n) is 2.36. The van der Waals surface area contributed by atoms with Crippen molar-refractivity contribution in [1.29, 1.82) is 0 Å². The Bertz CT molecular complexity index is 495. The minimum absolute atomic E-state index is 0.0589. The van der Waals surface area contributed by atoms with Gasteiger partial charge in [0.25, 0.3) is 0 Å². The standard InChI is InChI=1S/C12H15BrF3O3P/c1-3-18-20(17,19-4-2)8-9-5-6-11(13)10(7-9)12(14,15)16/h5-7H,3-4,8H2,1-2H3. The number of benzene rings is 1. The monoisotopic (exact) mass is 374 g/mol. The van der Waals surface area contributed by atoms with Crippen molar-refractivity contribution >= 4 is 23.5 Å². The zero-order chi connectivity index (χ0) is 15.4. The van der Waals surface area contributed by atoms with Crippen LogP contribution < -0.4 is 0 Å². The third-order valence-corrected chi connectivity index (χ3v) is 5.11. The summed E-state index contributed by atoms with van der Waals surface area (Å²) in [6.07, 6.45) is -4.67. The second-order valence-electron chi connectivity index (χ2n) is 3.92. The predicted octanol–water partition coefficient (Wildman–Crippen LogP) is 5.23. The third kappa shape index (κ3) is 4.88. The van der Waals surface area contributed by atoms with Crippen LogP contribution in [-0.4, -0.2) is 13.2 Å². The number of hydrogen-bond donors (Lipinski definition) is 0. The highest BCUT2D eigenvalue weighted by molar-refractivity contribution is 9.10. The molecule has 0 unspecified atom stereocenters. The fourth-order valence-electron chi connectivity index (χ4n) is 1.63. The van der Waals surface area contributed by atoms with E-state index in [1.807, 2.05) is 0 Å². The summed E-state index contributed by atoms with van der Waals surface area (Å²) in [4.78, 5) is 0. The lowest BCUT2D eigenvalue weighted by Gasteiger charge is -2.18. The van der Waals surface area contributed by atoms with E-state index in [0.29, 0.717) is 0 Å². The van der Waals surface area contributed by atoms with E-state index in [0.717, 1.165) is 6.07 Å². The maximum Gasteiger partial charge on any atom is 0.417 e. The molecule has 0 radical (unpaired) electrons. The molecule has 1 rings (SSSR count). The summed E-state index contributed by atoms with van der Waals surface area (Å²) in [5.41, 5.74) is -0.555. The van der Waals surface area contributed by atoms with Crippen LogP contribution in [0.25, 0.3) is 0 Å². The van der Waals surface area contributed by atoms with Gasteiger partial charge in [0.05, 0.1) is 24.9 Å². The van der Waals surface area contributed by atoms with Crippen LogP contribution in [0.15, 0.2) is 22.7 Å². The Morgan fingerprint density at radius 3 is 2.20 bits per heavy atom. The lowest BCUT2D eigenvalue weighted by molar-refractivity contribution is -0.138. The minimum atomic E-state index is -4.48. The van der Waals surface area contributed by atoms with Gasteiger partial charge in [-0.25, -0.2) is 0 Å². The average Bonchev–Trinajstić information content (AvgIpc) is 2.30. The Labute approximate surface area is 124 Å². The van der Waals surface area contributed by atoms with E-state index >= 15 is 0 Å². The van der Waals surface area contributed by atoms with Crippen molar-refractivity contribution in [3.8, 4) is 0 Å². The summed E-state index contributed by atoms with van der Waals surface area (Å²) >= 11 is 2.86. The Hall–Kier alpha value is -0.360. The van der Waals surface area contributed by atoms with Gasteiger partial charge in [0.2, 0.25) is 0 Å². The molecule has 1 aromatic carbocycles. The van der Waals surface area contributed by atoms with Crippen molar-refractivity contribution in [1.82, 2.24) is 0 Å². The SMILES string of the molecule is CCOP(=O)(Cc1ccc(Br)c(C(F)(F)F)c1)OCC. The summed E-state index contributed by atoms with van der Waals surface area (Å²) < 4.78 is 60.8. The zero-order valence-corrected chi connectivity index (χ0v) is 13.5. The van der Waals surface area contributed by atoms with Gasteiger partial charge >= 0.3 is 13.8 Å². The molecule has 0 saturated heterocycles. The minimum Gasteiger partial charge on any atom is -0.309 e. The molecule has 0 aromatic heterocycles. The van der Waals surface area contributed by atoms with E-state index in [4.69, 9.17) is 9.05 Å². The van der Waals surface area contributed by atoms with Crippen molar-refractivity contribution in [3.05, 3.63) is 33.8 Å². The lowest BCUT2D eigenvalue weighted by Crippen LogP contribution is -2.07. The molecule has 114 valence electrons. The molecule has 0 aliphatic rings. The molecule has 0 spiro atoms. The molecule has 0 aliphatic carbocycles. The Morgan fingerprint density at radius 1 is 1.20 bits per heavy atom. The summed E-state index contributed by atoms with van der Waals surface area (Å²) in [6.45, 7) is 3.63. The van der Waals surface area contributed by atoms with Gasteiger partial charge in [0.1, 0.15) is 0 Å². The molecule has 0 heterocycles. The smallest absolute Gasteiger partial charge is 0.309 e. The van der Waals surface area contributed by atoms with E-state index in [1.54, 1.807) is 13.8 Å². The van der Waals surface area contributed by atoms with Crippen LogP contribution in [0.1, 0.15) is 25.0 Å². The van der Waals surface area contributed by atoms with Gasteiger partial charge in [-0.3, -0.25) is 4.57 Å². The quantitative estimate of drug-likeness (QED) is 0.639. The second kappa shape index (κ2) is 7.07. The number of rotatable bonds is 6. The predicted molar refractivity (Wildman–Crippen MR) is 73.7 cm³/mol. The number of alkyl halides is 3.